The fourth-order valence-electron chi connectivity index (χ4n) is 2.31. The van der Waals surface area contributed by atoms with E-state index in [9.17, 15) is 4.79 Å². The first-order chi connectivity index (χ1) is 10.2. The lowest BCUT2D eigenvalue weighted by Crippen LogP contribution is -2.11. The highest BCUT2D eigenvalue weighted by Gasteiger charge is 2.08. The molecule has 0 bridgehead atoms. The van der Waals surface area contributed by atoms with Crippen molar-refractivity contribution in [3.05, 3.63) is 41.0 Å². The molecule has 0 spiro atoms. The molecule has 0 saturated carbocycles. The van der Waals surface area contributed by atoms with E-state index >= 15 is 0 Å². The van der Waals surface area contributed by atoms with Gasteiger partial charge in [-0.25, -0.2) is 0 Å². The standard InChI is InChI=1S/C15H16N4OS/c1-10-18-19-15(21-10)17-14(20)8-4-5-11-9-16-13-7-3-2-6-12(11)13/h2-3,6-7,9,16H,4-5,8H2,1H3,(H,17,19,20). The summed E-state index contributed by atoms with van der Waals surface area (Å²) in [5.41, 5.74) is 2.39. The van der Waals surface area contributed by atoms with E-state index in [1.165, 1.54) is 22.3 Å². The van der Waals surface area contributed by atoms with Gasteiger partial charge in [0.15, 0.2) is 0 Å². The van der Waals surface area contributed by atoms with Crippen LogP contribution in [0.4, 0.5) is 5.13 Å². The summed E-state index contributed by atoms with van der Waals surface area (Å²) in [6, 6.07) is 8.21. The molecule has 2 heterocycles. The number of carbonyl (C=O) groups is 1. The number of hydrogen-bond donors (Lipinski definition) is 2. The van der Waals surface area contributed by atoms with Crippen LogP contribution in [-0.4, -0.2) is 21.1 Å². The molecule has 2 N–H and O–H groups in total. The highest BCUT2D eigenvalue weighted by atomic mass is 32.1. The van der Waals surface area contributed by atoms with E-state index in [1.807, 2.05) is 25.3 Å². The quantitative estimate of drug-likeness (QED) is 0.759. The van der Waals surface area contributed by atoms with Crippen molar-refractivity contribution < 1.29 is 4.79 Å². The molecule has 0 radical (unpaired) electrons. The van der Waals surface area contributed by atoms with E-state index in [-0.39, 0.29) is 5.91 Å². The van der Waals surface area contributed by atoms with Gasteiger partial charge in [0.05, 0.1) is 0 Å². The molecule has 0 aliphatic rings. The van der Waals surface area contributed by atoms with Crippen molar-refractivity contribution in [1.29, 1.82) is 0 Å². The van der Waals surface area contributed by atoms with E-state index in [2.05, 4.69) is 32.6 Å². The van der Waals surface area contributed by atoms with Gasteiger partial charge in [-0.15, -0.1) is 10.2 Å². The Hall–Kier alpha value is -2.21. The van der Waals surface area contributed by atoms with Crippen molar-refractivity contribution in [3.63, 3.8) is 0 Å². The molecule has 0 fully saturated rings. The number of fused-ring (bicyclic) bond motifs is 1. The van der Waals surface area contributed by atoms with Crippen molar-refractivity contribution in [2.45, 2.75) is 26.2 Å². The highest BCUT2D eigenvalue weighted by Crippen LogP contribution is 2.20. The predicted octanol–water partition coefficient (Wildman–Crippen LogP) is 3.29. The maximum absolute atomic E-state index is 11.8. The zero-order valence-electron chi connectivity index (χ0n) is 11.7. The number of nitrogens with zero attached hydrogens (tertiary/aromatic N) is 2. The molecule has 2 aromatic heterocycles. The second-order valence-electron chi connectivity index (χ2n) is 4.89. The Labute approximate surface area is 126 Å². The molecule has 0 saturated heterocycles. The van der Waals surface area contributed by atoms with Gasteiger partial charge in [-0.05, 0) is 31.4 Å². The molecule has 1 amide bonds. The fourth-order valence-corrected chi connectivity index (χ4v) is 2.91. The van der Waals surface area contributed by atoms with Crippen LogP contribution < -0.4 is 5.32 Å². The molecule has 0 atom stereocenters. The number of hydrogen-bond acceptors (Lipinski definition) is 4. The number of nitrogens with one attached hydrogen (secondary N) is 2. The smallest absolute Gasteiger partial charge is 0.226 e. The number of benzene rings is 1. The molecule has 3 aromatic rings. The Morgan fingerprint density at radius 2 is 2.19 bits per heavy atom. The summed E-state index contributed by atoms with van der Waals surface area (Å²) in [6.45, 7) is 1.87. The summed E-state index contributed by atoms with van der Waals surface area (Å²) < 4.78 is 0. The van der Waals surface area contributed by atoms with E-state index in [0.29, 0.717) is 11.6 Å². The first-order valence-corrected chi connectivity index (χ1v) is 7.69. The van der Waals surface area contributed by atoms with Crippen LogP contribution in [0, 0.1) is 6.92 Å². The molecule has 0 unspecified atom stereocenters. The first kappa shape index (κ1) is 13.8. The van der Waals surface area contributed by atoms with Gasteiger partial charge in [0.25, 0.3) is 0 Å². The van der Waals surface area contributed by atoms with Gasteiger partial charge >= 0.3 is 0 Å². The Bertz CT molecular complexity index is 762. The molecular weight excluding hydrogens is 284 g/mol. The largest absolute Gasteiger partial charge is 0.361 e. The molecule has 1 aromatic carbocycles. The topological polar surface area (TPSA) is 70.7 Å². The fraction of sp³-hybridized carbons (Fsp3) is 0.267. The van der Waals surface area contributed by atoms with Crippen LogP contribution in [0.25, 0.3) is 10.9 Å². The maximum Gasteiger partial charge on any atom is 0.226 e. The van der Waals surface area contributed by atoms with Gasteiger partial charge in [0.1, 0.15) is 5.01 Å². The Morgan fingerprint density at radius 3 is 3.00 bits per heavy atom. The molecule has 0 aliphatic carbocycles. The summed E-state index contributed by atoms with van der Waals surface area (Å²) >= 11 is 1.39. The molecule has 0 aliphatic heterocycles. The summed E-state index contributed by atoms with van der Waals surface area (Å²) in [7, 11) is 0. The van der Waals surface area contributed by atoms with Crippen molar-refractivity contribution in [2.24, 2.45) is 0 Å². The number of rotatable bonds is 5. The number of carbonyl (C=O) groups excluding carboxylic acids is 1. The lowest BCUT2D eigenvalue weighted by Gasteiger charge is -2.01. The summed E-state index contributed by atoms with van der Waals surface area (Å²) in [6.07, 6.45) is 4.20. The van der Waals surface area contributed by atoms with Crippen LogP contribution in [-0.2, 0) is 11.2 Å². The number of aromatic nitrogens is 3. The summed E-state index contributed by atoms with van der Waals surface area (Å²) in [5, 5.41) is 13.2. The number of H-pyrrole nitrogens is 1. The number of aromatic amines is 1. The van der Waals surface area contributed by atoms with Crippen LogP contribution in [0.1, 0.15) is 23.4 Å². The van der Waals surface area contributed by atoms with Gasteiger partial charge in [-0.2, -0.15) is 0 Å². The van der Waals surface area contributed by atoms with E-state index in [0.717, 1.165) is 23.4 Å². The zero-order chi connectivity index (χ0) is 14.7. The maximum atomic E-state index is 11.8. The zero-order valence-corrected chi connectivity index (χ0v) is 12.5. The van der Waals surface area contributed by atoms with Crippen molar-refractivity contribution in [1.82, 2.24) is 15.2 Å². The highest BCUT2D eigenvalue weighted by molar-refractivity contribution is 7.15. The monoisotopic (exact) mass is 300 g/mol. The van der Waals surface area contributed by atoms with Gasteiger partial charge in [0, 0.05) is 23.5 Å². The Kier molecular flexibility index (Phi) is 3.96. The first-order valence-electron chi connectivity index (χ1n) is 6.87. The van der Waals surface area contributed by atoms with Crippen LogP contribution in [0.15, 0.2) is 30.5 Å². The van der Waals surface area contributed by atoms with Crippen molar-refractivity contribution in [3.8, 4) is 0 Å². The van der Waals surface area contributed by atoms with E-state index < -0.39 is 0 Å². The minimum atomic E-state index is -0.00834. The van der Waals surface area contributed by atoms with Crippen LogP contribution >= 0.6 is 11.3 Å². The van der Waals surface area contributed by atoms with Crippen LogP contribution in [0.2, 0.25) is 0 Å². The average molecular weight is 300 g/mol. The van der Waals surface area contributed by atoms with Crippen LogP contribution in [0.5, 0.6) is 0 Å². The lowest BCUT2D eigenvalue weighted by atomic mass is 10.1. The molecular formula is C15H16N4OS. The minimum Gasteiger partial charge on any atom is -0.361 e. The molecule has 3 rings (SSSR count). The normalized spacial score (nSPS) is 10.9. The number of para-hydroxylation sites is 1. The van der Waals surface area contributed by atoms with Crippen molar-refractivity contribution >= 4 is 33.3 Å². The third-order valence-electron chi connectivity index (χ3n) is 3.30. The third kappa shape index (κ3) is 3.28. The van der Waals surface area contributed by atoms with Gasteiger partial charge in [-0.1, -0.05) is 29.5 Å². The van der Waals surface area contributed by atoms with E-state index in [4.69, 9.17) is 0 Å². The predicted molar refractivity (Wildman–Crippen MR) is 84.5 cm³/mol. The van der Waals surface area contributed by atoms with Gasteiger partial charge in [-0.3, -0.25) is 4.79 Å². The molecule has 21 heavy (non-hydrogen) atoms. The molecule has 6 heteroatoms. The Morgan fingerprint density at radius 1 is 1.33 bits per heavy atom. The van der Waals surface area contributed by atoms with E-state index in [1.54, 1.807) is 0 Å². The molecule has 108 valence electrons. The average Bonchev–Trinajstić information content (AvgIpc) is 3.06. The van der Waals surface area contributed by atoms with Gasteiger partial charge < -0.3 is 10.3 Å². The number of aryl methyl sites for hydroxylation is 2. The summed E-state index contributed by atoms with van der Waals surface area (Å²) in [4.78, 5) is 15.1. The second kappa shape index (κ2) is 6.05. The van der Waals surface area contributed by atoms with Gasteiger partial charge in [0.2, 0.25) is 11.0 Å². The number of anilines is 1. The SMILES string of the molecule is Cc1nnc(NC(=O)CCCc2c[nH]c3ccccc23)s1. The van der Waals surface area contributed by atoms with Crippen molar-refractivity contribution in [2.75, 3.05) is 5.32 Å². The van der Waals surface area contributed by atoms with Crippen LogP contribution in [0.3, 0.4) is 0 Å². The minimum absolute atomic E-state index is 0.00834. The Balaban J connectivity index is 1.53. The number of amides is 1. The third-order valence-corrected chi connectivity index (χ3v) is 4.05. The lowest BCUT2D eigenvalue weighted by molar-refractivity contribution is -0.116. The summed E-state index contributed by atoms with van der Waals surface area (Å²) in [5.74, 6) is -0.00834. The molecule has 5 nitrogen and oxygen atoms in total. The second-order valence-corrected chi connectivity index (χ2v) is 6.07.